The molecule has 13 nitrogen and oxygen atoms in total. The van der Waals surface area contributed by atoms with Crippen LogP contribution in [-0.2, 0) is 20.8 Å². The molecule has 13 heteroatoms. The van der Waals surface area contributed by atoms with Gasteiger partial charge >= 0.3 is 5.69 Å². The Kier molecular flexibility index (Phi) is 6.62. The van der Waals surface area contributed by atoms with E-state index in [9.17, 15) is 44.9 Å². The lowest BCUT2D eigenvalue weighted by atomic mass is 9.57. The van der Waals surface area contributed by atoms with Crippen molar-refractivity contribution >= 4 is 34.6 Å². The molecule has 4 atom stereocenters. The fraction of sp³-hybridized carbons (Fsp3) is 0.345. The zero-order chi connectivity index (χ0) is 31.0. The number of nitrogens with zero attached hydrogens (tertiary/aromatic N) is 3. The second-order valence-electron chi connectivity index (χ2n) is 11.3. The molecule has 0 bridgehead atoms. The van der Waals surface area contributed by atoms with E-state index < -0.39 is 74.4 Å². The molecule has 1 amide bonds. The molecule has 0 saturated heterocycles. The van der Waals surface area contributed by atoms with Crippen molar-refractivity contribution in [1.82, 2.24) is 4.90 Å². The number of hydrogen-bond donors (Lipinski definition) is 5. The van der Waals surface area contributed by atoms with Gasteiger partial charge in [-0.3, -0.25) is 29.4 Å². The van der Waals surface area contributed by atoms with Crippen molar-refractivity contribution in [2.75, 3.05) is 33.1 Å². The maximum Gasteiger partial charge on any atom is 0.312 e. The molecule has 0 radical (unpaired) electrons. The molecule has 4 unspecified atom stereocenters. The summed E-state index contributed by atoms with van der Waals surface area (Å²) in [6.07, 6.45) is -0.0899. The molecule has 6 N–H and O–H groups in total. The van der Waals surface area contributed by atoms with E-state index in [1.807, 2.05) is 19.0 Å². The Morgan fingerprint density at radius 3 is 2.24 bits per heavy atom. The minimum Gasteiger partial charge on any atom is -0.508 e. The first-order valence-corrected chi connectivity index (χ1v) is 13.1. The largest absolute Gasteiger partial charge is 0.508 e. The van der Waals surface area contributed by atoms with Gasteiger partial charge in [0.15, 0.2) is 11.4 Å². The van der Waals surface area contributed by atoms with Crippen LogP contribution in [0.25, 0.3) is 16.9 Å². The van der Waals surface area contributed by atoms with Gasteiger partial charge in [0.2, 0.25) is 11.5 Å². The molecular weight excluding hydrogens is 548 g/mol. The van der Waals surface area contributed by atoms with Crippen LogP contribution in [-0.4, -0.2) is 87.6 Å². The maximum atomic E-state index is 14.0. The normalized spacial score (nSPS) is 25.2. The third-order valence-electron chi connectivity index (χ3n) is 8.59. The monoisotopic (exact) mass is 578 g/mol. The summed E-state index contributed by atoms with van der Waals surface area (Å²) in [7, 11) is 6.73. The van der Waals surface area contributed by atoms with Gasteiger partial charge in [0, 0.05) is 37.3 Å². The van der Waals surface area contributed by atoms with Crippen molar-refractivity contribution in [3.05, 3.63) is 68.5 Å². The number of hydrogen-bond acceptors (Lipinski definition) is 11. The van der Waals surface area contributed by atoms with E-state index in [0.29, 0.717) is 16.7 Å². The molecule has 3 aliphatic rings. The number of aromatic hydroxyl groups is 1. The molecule has 0 spiro atoms. The molecule has 0 aromatic heterocycles. The highest BCUT2D eigenvalue weighted by Crippen LogP contribution is 2.54. The Hall–Kier alpha value is -4.75. The van der Waals surface area contributed by atoms with E-state index >= 15 is 0 Å². The summed E-state index contributed by atoms with van der Waals surface area (Å²) in [5.74, 6) is -8.28. The number of phenols is 1. The van der Waals surface area contributed by atoms with Gasteiger partial charge in [0.05, 0.1) is 16.5 Å². The van der Waals surface area contributed by atoms with Gasteiger partial charge in [0.1, 0.15) is 17.1 Å². The molecule has 42 heavy (non-hydrogen) atoms. The van der Waals surface area contributed by atoms with E-state index in [4.69, 9.17) is 5.73 Å². The van der Waals surface area contributed by atoms with Crippen LogP contribution in [0.5, 0.6) is 5.75 Å². The molecule has 3 aliphatic carbocycles. The number of carbonyl (C=O) groups is 3. The minimum atomic E-state index is -2.80. The quantitative estimate of drug-likeness (QED) is 0.196. The van der Waals surface area contributed by atoms with Crippen LogP contribution in [0.2, 0.25) is 0 Å². The van der Waals surface area contributed by atoms with E-state index in [2.05, 4.69) is 0 Å². The molecule has 1 saturated carbocycles. The Bertz CT molecular complexity index is 1640. The predicted molar refractivity (Wildman–Crippen MR) is 151 cm³/mol. The van der Waals surface area contributed by atoms with E-state index in [-0.39, 0.29) is 24.0 Å². The second-order valence-corrected chi connectivity index (χ2v) is 11.3. The summed E-state index contributed by atoms with van der Waals surface area (Å²) in [5, 5.41) is 57.1. The van der Waals surface area contributed by atoms with Crippen LogP contribution in [0.1, 0.15) is 17.5 Å². The summed E-state index contributed by atoms with van der Waals surface area (Å²) in [4.78, 5) is 53.8. The predicted octanol–water partition coefficient (Wildman–Crippen LogP) is 1.61. The fourth-order valence-electron chi connectivity index (χ4n) is 6.63. The Morgan fingerprint density at radius 1 is 1.10 bits per heavy atom. The molecule has 0 heterocycles. The number of aliphatic hydroxyl groups is 3. The molecule has 2 aromatic rings. The lowest BCUT2D eigenvalue weighted by molar-refractivity contribution is -0.385. The summed E-state index contributed by atoms with van der Waals surface area (Å²) < 4.78 is 0. The number of nitro groups is 1. The molecular formula is C29H30N4O9. The van der Waals surface area contributed by atoms with Crippen molar-refractivity contribution in [3.8, 4) is 16.9 Å². The highest BCUT2D eigenvalue weighted by Gasteiger charge is 2.64. The third kappa shape index (κ3) is 3.88. The standard InChI is InChI=1S/C29H30N4O9/c1-31(2)14-7-5-12(6-8-14)15-11-18(33(41)42)23(34)20-16(15)9-13-10-17-22(32(3)4)25(36)21(28(30)39)27(38)29(17,40)26(37)19(13)24(20)35/h5-8,11,13,17,22,34-35,38,40H,9-10H2,1-4H3,(H2,30,39). The number of carbonyl (C=O) groups excluding carboxylic acids is 3. The third-order valence-corrected chi connectivity index (χ3v) is 8.59. The molecule has 0 aliphatic heterocycles. The van der Waals surface area contributed by atoms with Crippen LogP contribution >= 0.6 is 0 Å². The molecule has 5 rings (SSSR count). The lowest BCUT2D eigenvalue weighted by Gasteiger charge is -2.50. The van der Waals surface area contributed by atoms with Gasteiger partial charge in [-0.15, -0.1) is 0 Å². The Balaban J connectivity index is 1.77. The molecule has 2 aromatic carbocycles. The first-order chi connectivity index (χ1) is 19.6. The fourth-order valence-corrected chi connectivity index (χ4v) is 6.63. The first-order valence-electron chi connectivity index (χ1n) is 13.1. The van der Waals surface area contributed by atoms with Crippen molar-refractivity contribution in [3.63, 3.8) is 0 Å². The van der Waals surface area contributed by atoms with Crippen LogP contribution in [0.4, 0.5) is 11.4 Å². The van der Waals surface area contributed by atoms with Crippen molar-refractivity contribution in [1.29, 1.82) is 0 Å². The number of phenolic OH excluding ortho intramolecular Hbond substituents is 1. The Labute approximate surface area is 239 Å². The van der Waals surface area contributed by atoms with Crippen molar-refractivity contribution < 1.29 is 39.7 Å². The van der Waals surface area contributed by atoms with E-state index in [1.165, 1.54) is 25.1 Å². The van der Waals surface area contributed by atoms with Gasteiger partial charge in [-0.25, -0.2) is 0 Å². The van der Waals surface area contributed by atoms with Gasteiger partial charge in [-0.05, 0) is 61.7 Å². The topological polar surface area (TPSA) is 208 Å². The minimum absolute atomic E-state index is 0.00482. The number of aliphatic hydroxyl groups excluding tert-OH is 2. The van der Waals surface area contributed by atoms with E-state index in [0.717, 1.165) is 5.69 Å². The zero-order valence-electron chi connectivity index (χ0n) is 23.3. The smallest absolute Gasteiger partial charge is 0.312 e. The van der Waals surface area contributed by atoms with E-state index in [1.54, 1.807) is 24.3 Å². The van der Waals surface area contributed by atoms with Crippen molar-refractivity contribution in [2.45, 2.75) is 24.5 Å². The number of amides is 1. The number of nitro benzene ring substituents is 1. The molecule has 1 fully saturated rings. The van der Waals surface area contributed by atoms with Gasteiger partial charge in [0.25, 0.3) is 5.91 Å². The van der Waals surface area contributed by atoms with Gasteiger partial charge < -0.3 is 31.1 Å². The van der Waals surface area contributed by atoms with Crippen LogP contribution < -0.4 is 10.6 Å². The maximum absolute atomic E-state index is 14.0. The summed E-state index contributed by atoms with van der Waals surface area (Å²) in [6.45, 7) is 0. The second kappa shape index (κ2) is 9.67. The summed E-state index contributed by atoms with van der Waals surface area (Å²) in [5.41, 5.74) is 2.30. The highest BCUT2D eigenvalue weighted by molar-refractivity contribution is 6.24. The van der Waals surface area contributed by atoms with Crippen LogP contribution in [0.15, 0.2) is 47.2 Å². The number of primary amides is 1. The average Bonchev–Trinajstić information content (AvgIpc) is 2.90. The number of benzene rings is 2. The number of Topliss-reactive ketones (excluding diaryl/α,β-unsaturated/α-hetero) is 2. The number of rotatable bonds is 5. The summed E-state index contributed by atoms with van der Waals surface area (Å²) >= 11 is 0. The average molecular weight is 579 g/mol. The van der Waals surface area contributed by atoms with Crippen LogP contribution in [0.3, 0.4) is 0 Å². The first kappa shape index (κ1) is 28.8. The number of ketones is 2. The Morgan fingerprint density at radius 2 is 1.71 bits per heavy atom. The SMILES string of the molecule is CN(C)c1ccc(-c2cc([N+](=O)[O-])c(O)c3c2CC2CC4C(N(C)C)C(=O)C(C(N)=O)=C(O)C4(O)C(=O)C2=C3O)cc1. The van der Waals surface area contributed by atoms with Gasteiger partial charge in [-0.2, -0.15) is 0 Å². The molecule has 220 valence electrons. The highest BCUT2D eigenvalue weighted by atomic mass is 16.6. The van der Waals surface area contributed by atoms with Gasteiger partial charge in [-0.1, -0.05) is 12.1 Å². The number of fused-ring (bicyclic) bond motifs is 3. The number of nitrogens with two attached hydrogens (primary N) is 1. The van der Waals surface area contributed by atoms with Crippen molar-refractivity contribution in [2.24, 2.45) is 17.6 Å². The number of anilines is 1. The van der Waals surface area contributed by atoms with Crippen LogP contribution in [0, 0.1) is 22.0 Å². The lowest BCUT2D eigenvalue weighted by Crippen LogP contribution is -2.65. The summed E-state index contributed by atoms with van der Waals surface area (Å²) in [6, 6.07) is 7.07. The zero-order valence-corrected chi connectivity index (χ0v) is 23.3. The number of likely N-dealkylation sites (N-methyl/N-ethyl adjacent to an activating group) is 1.